The first-order chi connectivity index (χ1) is 11.2. The third kappa shape index (κ3) is 6.58. The van der Waals surface area contributed by atoms with Gasteiger partial charge in [0.05, 0.1) is 5.25 Å². The van der Waals surface area contributed by atoms with E-state index in [1.807, 2.05) is 0 Å². The molecule has 2 fully saturated rings. The lowest BCUT2D eigenvalue weighted by atomic mass is 10.2. The molecule has 1 unspecified atom stereocenters. The molecule has 2 N–H and O–H groups in total. The van der Waals surface area contributed by atoms with E-state index in [1.54, 1.807) is 0 Å². The van der Waals surface area contributed by atoms with E-state index >= 15 is 0 Å². The standard InChI is InChI=1S/C14H24F3N3O3S.ClH/c15-14(16,17)12(20-7-5-18-6-8-20)9-19-13(21)10-24(22,23)11-3-1-2-4-11;/h11-12,18H,1-10H2,(H,19,21);1H. The Labute approximate surface area is 152 Å². The zero-order valence-corrected chi connectivity index (χ0v) is 15.5. The van der Waals surface area contributed by atoms with Crippen LogP contribution in [0.1, 0.15) is 25.7 Å². The summed E-state index contributed by atoms with van der Waals surface area (Å²) in [5, 5.41) is 4.61. The van der Waals surface area contributed by atoms with Crippen LogP contribution in [-0.2, 0) is 14.6 Å². The zero-order chi connectivity index (χ0) is 17.8. The number of halogens is 4. The van der Waals surface area contributed by atoms with Crippen LogP contribution in [0.4, 0.5) is 13.2 Å². The van der Waals surface area contributed by atoms with Crippen LogP contribution in [0.2, 0.25) is 0 Å². The van der Waals surface area contributed by atoms with Gasteiger partial charge in [0, 0.05) is 32.7 Å². The van der Waals surface area contributed by atoms with Crippen molar-refractivity contribution in [2.75, 3.05) is 38.5 Å². The predicted molar refractivity (Wildman–Crippen MR) is 90.6 cm³/mol. The highest BCUT2D eigenvalue weighted by Crippen LogP contribution is 2.26. The first kappa shape index (κ1) is 22.5. The molecule has 0 bridgehead atoms. The maximum Gasteiger partial charge on any atom is 0.405 e. The minimum atomic E-state index is -4.48. The van der Waals surface area contributed by atoms with Gasteiger partial charge in [-0.15, -0.1) is 12.4 Å². The van der Waals surface area contributed by atoms with Crippen LogP contribution >= 0.6 is 12.4 Å². The van der Waals surface area contributed by atoms with Crippen molar-refractivity contribution in [1.29, 1.82) is 0 Å². The van der Waals surface area contributed by atoms with Crippen LogP contribution in [0.3, 0.4) is 0 Å². The van der Waals surface area contributed by atoms with Gasteiger partial charge in [-0.2, -0.15) is 13.2 Å². The third-order valence-electron chi connectivity index (χ3n) is 4.61. The van der Waals surface area contributed by atoms with Crippen molar-refractivity contribution in [3.05, 3.63) is 0 Å². The molecular weight excluding hydrogens is 383 g/mol. The van der Waals surface area contributed by atoms with Gasteiger partial charge in [-0.25, -0.2) is 8.42 Å². The van der Waals surface area contributed by atoms with Crippen LogP contribution < -0.4 is 10.6 Å². The number of hydrogen-bond acceptors (Lipinski definition) is 5. The van der Waals surface area contributed by atoms with Crippen molar-refractivity contribution >= 4 is 28.2 Å². The summed E-state index contributed by atoms with van der Waals surface area (Å²) in [5.41, 5.74) is 0. The molecule has 6 nitrogen and oxygen atoms in total. The summed E-state index contributed by atoms with van der Waals surface area (Å²) in [6.07, 6.45) is -1.80. The molecule has 0 radical (unpaired) electrons. The number of alkyl halides is 3. The Morgan fingerprint density at radius 1 is 1.20 bits per heavy atom. The van der Waals surface area contributed by atoms with Gasteiger partial charge in [0.25, 0.3) is 0 Å². The van der Waals surface area contributed by atoms with Gasteiger partial charge in [-0.3, -0.25) is 9.69 Å². The topological polar surface area (TPSA) is 78.5 Å². The number of nitrogens with one attached hydrogen (secondary N) is 2. The number of carbonyl (C=O) groups excluding carboxylic acids is 1. The monoisotopic (exact) mass is 407 g/mol. The Hall–Kier alpha value is -0.580. The molecule has 1 aliphatic heterocycles. The van der Waals surface area contributed by atoms with E-state index in [-0.39, 0.29) is 25.5 Å². The first-order valence-corrected chi connectivity index (χ1v) is 9.91. The van der Waals surface area contributed by atoms with Crippen LogP contribution in [-0.4, -0.2) is 75.2 Å². The molecule has 11 heteroatoms. The Kier molecular flexibility index (Phi) is 8.43. The van der Waals surface area contributed by atoms with Crippen molar-refractivity contribution in [2.24, 2.45) is 0 Å². The summed E-state index contributed by atoms with van der Waals surface area (Å²) in [6, 6.07) is -1.79. The first-order valence-electron chi connectivity index (χ1n) is 8.20. The summed E-state index contributed by atoms with van der Waals surface area (Å²) in [6.45, 7) is 0.760. The van der Waals surface area contributed by atoms with Crippen molar-refractivity contribution in [1.82, 2.24) is 15.5 Å². The lowest BCUT2D eigenvalue weighted by Crippen LogP contribution is -2.57. The lowest BCUT2D eigenvalue weighted by molar-refractivity contribution is -0.183. The van der Waals surface area contributed by atoms with Gasteiger partial charge in [-0.1, -0.05) is 12.8 Å². The van der Waals surface area contributed by atoms with Gasteiger partial charge in [0.15, 0.2) is 9.84 Å². The molecule has 1 heterocycles. The van der Waals surface area contributed by atoms with Gasteiger partial charge in [-0.05, 0) is 12.8 Å². The Morgan fingerprint density at radius 2 is 1.76 bits per heavy atom. The summed E-state index contributed by atoms with van der Waals surface area (Å²) in [4.78, 5) is 13.1. The maximum absolute atomic E-state index is 13.2. The molecule has 0 aromatic rings. The van der Waals surface area contributed by atoms with E-state index in [2.05, 4.69) is 10.6 Å². The Balaban J connectivity index is 0.00000312. The van der Waals surface area contributed by atoms with Crippen LogP contribution in [0.5, 0.6) is 0 Å². The average Bonchev–Trinajstić information content (AvgIpc) is 3.01. The van der Waals surface area contributed by atoms with Gasteiger partial charge >= 0.3 is 6.18 Å². The molecule has 2 aliphatic rings. The van der Waals surface area contributed by atoms with Crippen LogP contribution in [0.15, 0.2) is 0 Å². The molecule has 0 aromatic heterocycles. The van der Waals surface area contributed by atoms with Gasteiger partial charge < -0.3 is 10.6 Å². The minimum absolute atomic E-state index is 0. The molecule has 1 saturated carbocycles. The molecule has 1 saturated heterocycles. The predicted octanol–water partition coefficient (Wildman–Crippen LogP) is 0.718. The van der Waals surface area contributed by atoms with E-state index < -0.39 is 45.5 Å². The fraction of sp³-hybridized carbons (Fsp3) is 0.929. The van der Waals surface area contributed by atoms with E-state index in [0.29, 0.717) is 25.9 Å². The summed E-state index contributed by atoms with van der Waals surface area (Å²) >= 11 is 0. The van der Waals surface area contributed by atoms with Crippen LogP contribution in [0, 0.1) is 0 Å². The molecule has 25 heavy (non-hydrogen) atoms. The Morgan fingerprint density at radius 3 is 2.28 bits per heavy atom. The molecule has 1 aliphatic carbocycles. The second-order valence-electron chi connectivity index (χ2n) is 6.36. The fourth-order valence-corrected chi connectivity index (χ4v) is 5.01. The summed E-state index contributed by atoms with van der Waals surface area (Å²) < 4.78 is 63.8. The lowest BCUT2D eigenvalue weighted by Gasteiger charge is -2.35. The number of amides is 1. The molecular formula is C14H25ClF3N3O3S. The molecule has 0 spiro atoms. The average molecular weight is 408 g/mol. The number of carbonyl (C=O) groups is 1. The molecule has 0 aromatic carbocycles. The quantitative estimate of drug-likeness (QED) is 0.678. The van der Waals surface area contributed by atoms with E-state index in [1.165, 1.54) is 4.90 Å². The highest BCUT2D eigenvalue weighted by Gasteiger charge is 2.44. The van der Waals surface area contributed by atoms with Crippen LogP contribution in [0.25, 0.3) is 0 Å². The van der Waals surface area contributed by atoms with Crippen molar-refractivity contribution in [2.45, 2.75) is 43.2 Å². The summed E-state index contributed by atoms with van der Waals surface area (Å²) in [7, 11) is -3.58. The second kappa shape index (κ2) is 9.38. The second-order valence-corrected chi connectivity index (χ2v) is 8.64. The normalized spacial score (nSPS) is 21.6. The van der Waals surface area contributed by atoms with E-state index in [4.69, 9.17) is 0 Å². The highest BCUT2D eigenvalue weighted by molar-refractivity contribution is 7.92. The maximum atomic E-state index is 13.2. The minimum Gasteiger partial charge on any atom is -0.353 e. The van der Waals surface area contributed by atoms with E-state index in [0.717, 1.165) is 12.8 Å². The summed E-state index contributed by atoms with van der Waals surface area (Å²) in [5.74, 6) is -1.59. The zero-order valence-electron chi connectivity index (χ0n) is 13.8. The van der Waals surface area contributed by atoms with Gasteiger partial charge in [0.2, 0.25) is 5.91 Å². The number of hydrogen-bond donors (Lipinski definition) is 2. The smallest absolute Gasteiger partial charge is 0.353 e. The number of sulfone groups is 1. The van der Waals surface area contributed by atoms with Crippen molar-refractivity contribution < 1.29 is 26.4 Å². The molecule has 1 atom stereocenters. The number of nitrogens with zero attached hydrogens (tertiary/aromatic N) is 1. The van der Waals surface area contributed by atoms with E-state index in [9.17, 15) is 26.4 Å². The molecule has 2 rings (SSSR count). The molecule has 1 amide bonds. The third-order valence-corrected chi connectivity index (χ3v) is 6.76. The fourth-order valence-electron chi connectivity index (χ4n) is 3.26. The number of piperazine rings is 1. The Bertz CT molecular complexity index is 533. The van der Waals surface area contributed by atoms with Crippen molar-refractivity contribution in [3.8, 4) is 0 Å². The highest BCUT2D eigenvalue weighted by atomic mass is 35.5. The van der Waals surface area contributed by atoms with Gasteiger partial charge in [0.1, 0.15) is 11.8 Å². The number of rotatable bonds is 6. The SMILES string of the molecule is Cl.O=C(CS(=O)(=O)C1CCCC1)NCC(N1CCNCC1)C(F)(F)F. The molecule has 148 valence electrons. The largest absolute Gasteiger partial charge is 0.405 e. The van der Waals surface area contributed by atoms with Crippen molar-refractivity contribution in [3.63, 3.8) is 0 Å².